The molecule has 18 heavy (non-hydrogen) atoms. The van der Waals surface area contributed by atoms with Crippen LogP contribution in [0.2, 0.25) is 0 Å². The Kier molecular flexibility index (Phi) is 6.81. The molecule has 2 heteroatoms. The number of nitrogens with zero attached hydrogens (tertiary/aromatic N) is 1. The lowest BCUT2D eigenvalue weighted by Gasteiger charge is -2.31. The molecule has 1 aromatic carbocycles. The Morgan fingerprint density at radius 3 is 2.28 bits per heavy atom. The normalized spacial score (nSPS) is 12.7. The molecule has 2 nitrogen and oxygen atoms in total. The molecule has 1 unspecified atom stereocenters. The number of hydrogen-bond acceptors (Lipinski definition) is 2. The minimum absolute atomic E-state index is 0.560. The third-order valence-electron chi connectivity index (χ3n) is 3.38. The minimum atomic E-state index is 0.560. The van der Waals surface area contributed by atoms with Crippen LogP contribution in [-0.4, -0.2) is 25.7 Å². The van der Waals surface area contributed by atoms with Gasteiger partial charge >= 0.3 is 0 Å². The van der Waals surface area contributed by atoms with Crippen LogP contribution in [0.25, 0.3) is 0 Å². The van der Waals surface area contributed by atoms with Crippen molar-refractivity contribution in [2.24, 2.45) is 5.92 Å². The quantitative estimate of drug-likeness (QED) is 0.757. The maximum absolute atomic E-state index is 3.66. The molecule has 102 valence electrons. The Balaban J connectivity index is 2.65. The molecule has 0 radical (unpaired) electrons. The van der Waals surface area contributed by atoms with Crippen molar-refractivity contribution in [3.63, 3.8) is 0 Å². The molecule has 0 aliphatic carbocycles. The van der Waals surface area contributed by atoms with E-state index in [0.717, 1.165) is 19.6 Å². The topological polar surface area (TPSA) is 15.3 Å². The van der Waals surface area contributed by atoms with Crippen molar-refractivity contribution in [1.29, 1.82) is 0 Å². The first-order valence-corrected chi connectivity index (χ1v) is 7.22. The van der Waals surface area contributed by atoms with Crippen LogP contribution in [-0.2, 0) is 0 Å². The van der Waals surface area contributed by atoms with Crippen LogP contribution in [0.15, 0.2) is 30.3 Å². The largest absolute Gasteiger partial charge is 0.370 e. The van der Waals surface area contributed by atoms with Crippen molar-refractivity contribution in [2.45, 2.75) is 40.2 Å². The second-order valence-corrected chi connectivity index (χ2v) is 5.18. The van der Waals surface area contributed by atoms with E-state index in [1.807, 2.05) is 0 Å². The fourth-order valence-electron chi connectivity index (χ4n) is 2.13. The van der Waals surface area contributed by atoms with E-state index in [0.29, 0.717) is 12.0 Å². The van der Waals surface area contributed by atoms with Crippen molar-refractivity contribution in [3.05, 3.63) is 30.3 Å². The number of nitrogens with one attached hydrogen (secondary N) is 1. The fraction of sp³-hybridized carbons (Fsp3) is 0.625. The molecule has 1 N–H and O–H groups in total. The molecule has 0 aliphatic rings. The SMILES string of the molecule is CCCNC(CN(CC)c1ccccc1)C(C)C. The van der Waals surface area contributed by atoms with Gasteiger partial charge in [-0.2, -0.15) is 0 Å². The van der Waals surface area contributed by atoms with Crippen LogP contribution in [0, 0.1) is 5.92 Å². The lowest BCUT2D eigenvalue weighted by Crippen LogP contribution is -2.44. The molecule has 0 aliphatic heterocycles. The van der Waals surface area contributed by atoms with E-state index in [4.69, 9.17) is 0 Å². The summed E-state index contributed by atoms with van der Waals surface area (Å²) in [5.41, 5.74) is 1.32. The summed E-state index contributed by atoms with van der Waals surface area (Å²) in [5.74, 6) is 0.661. The van der Waals surface area contributed by atoms with Gasteiger partial charge in [-0.05, 0) is 37.9 Å². The first-order valence-electron chi connectivity index (χ1n) is 7.22. The van der Waals surface area contributed by atoms with Gasteiger partial charge < -0.3 is 10.2 Å². The van der Waals surface area contributed by atoms with E-state index in [2.05, 4.69) is 68.2 Å². The highest BCUT2D eigenvalue weighted by Crippen LogP contribution is 2.15. The molecule has 1 atom stereocenters. The van der Waals surface area contributed by atoms with Crippen LogP contribution in [0.5, 0.6) is 0 Å². The van der Waals surface area contributed by atoms with Gasteiger partial charge in [-0.25, -0.2) is 0 Å². The van der Waals surface area contributed by atoms with Crippen molar-refractivity contribution >= 4 is 5.69 Å². The van der Waals surface area contributed by atoms with Crippen LogP contribution in [0.1, 0.15) is 34.1 Å². The highest BCUT2D eigenvalue weighted by molar-refractivity contribution is 5.45. The number of hydrogen-bond donors (Lipinski definition) is 1. The van der Waals surface area contributed by atoms with Gasteiger partial charge in [-0.1, -0.05) is 39.0 Å². The van der Waals surface area contributed by atoms with E-state index in [9.17, 15) is 0 Å². The van der Waals surface area contributed by atoms with Crippen LogP contribution in [0.4, 0.5) is 5.69 Å². The van der Waals surface area contributed by atoms with E-state index in [-0.39, 0.29) is 0 Å². The highest BCUT2D eigenvalue weighted by atomic mass is 15.2. The third kappa shape index (κ3) is 4.69. The first kappa shape index (κ1) is 15.0. The van der Waals surface area contributed by atoms with Gasteiger partial charge in [0.15, 0.2) is 0 Å². The summed E-state index contributed by atoms with van der Waals surface area (Å²) in [6, 6.07) is 11.3. The smallest absolute Gasteiger partial charge is 0.0366 e. The van der Waals surface area contributed by atoms with Crippen molar-refractivity contribution < 1.29 is 0 Å². The fourth-order valence-corrected chi connectivity index (χ4v) is 2.13. The van der Waals surface area contributed by atoms with E-state index in [1.165, 1.54) is 12.1 Å². The third-order valence-corrected chi connectivity index (χ3v) is 3.38. The Morgan fingerprint density at radius 1 is 1.11 bits per heavy atom. The molecule has 1 rings (SSSR count). The summed E-state index contributed by atoms with van der Waals surface area (Å²) >= 11 is 0. The van der Waals surface area contributed by atoms with Gasteiger partial charge in [-0.15, -0.1) is 0 Å². The first-order chi connectivity index (χ1) is 8.69. The molecule has 0 aromatic heterocycles. The summed E-state index contributed by atoms with van der Waals surface area (Å²) < 4.78 is 0. The van der Waals surface area contributed by atoms with Gasteiger partial charge in [0, 0.05) is 24.8 Å². The zero-order valence-electron chi connectivity index (χ0n) is 12.3. The summed E-state index contributed by atoms with van der Waals surface area (Å²) in [6.07, 6.45) is 1.20. The molecule has 0 spiro atoms. The van der Waals surface area contributed by atoms with E-state index in [1.54, 1.807) is 0 Å². The number of para-hydroxylation sites is 1. The van der Waals surface area contributed by atoms with Gasteiger partial charge in [0.05, 0.1) is 0 Å². The Hall–Kier alpha value is -1.02. The molecular weight excluding hydrogens is 220 g/mol. The number of likely N-dealkylation sites (N-methyl/N-ethyl adjacent to an activating group) is 1. The standard InChI is InChI=1S/C16H28N2/c1-5-12-17-16(14(3)4)13-18(6-2)15-10-8-7-9-11-15/h7-11,14,16-17H,5-6,12-13H2,1-4H3. The maximum atomic E-state index is 3.66. The second-order valence-electron chi connectivity index (χ2n) is 5.18. The lowest BCUT2D eigenvalue weighted by atomic mass is 10.0. The van der Waals surface area contributed by atoms with E-state index < -0.39 is 0 Å². The molecule has 0 fully saturated rings. The van der Waals surface area contributed by atoms with Crippen LogP contribution < -0.4 is 10.2 Å². The Morgan fingerprint density at radius 2 is 1.78 bits per heavy atom. The maximum Gasteiger partial charge on any atom is 0.0366 e. The predicted octanol–water partition coefficient (Wildman–Crippen LogP) is 3.54. The van der Waals surface area contributed by atoms with Gasteiger partial charge in [0.2, 0.25) is 0 Å². The lowest BCUT2D eigenvalue weighted by molar-refractivity contribution is 0.398. The zero-order valence-corrected chi connectivity index (χ0v) is 12.3. The summed E-state index contributed by atoms with van der Waals surface area (Å²) in [4.78, 5) is 2.45. The number of rotatable bonds is 8. The summed E-state index contributed by atoms with van der Waals surface area (Å²) in [5, 5.41) is 3.66. The molecular formula is C16H28N2. The average Bonchev–Trinajstić information content (AvgIpc) is 2.39. The van der Waals surface area contributed by atoms with Crippen molar-refractivity contribution in [2.75, 3.05) is 24.5 Å². The summed E-state index contributed by atoms with van der Waals surface area (Å²) in [7, 11) is 0. The number of benzene rings is 1. The molecule has 0 heterocycles. The van der Waals surface area contributed by atoms with Crippen molar-refractivity contribution in [3.8, 4) is 0 Å². The van der Waals surface area contributed by atoms with Gasteiger partial charge in [0.25, 0.3) is 0 Å². The van der Waals surface area contributed by atoms with Crippen LogP contribution >= 0.6 is 0 Å². The summed E-state index contributed by atoms with van der Waals surface area (Å²) in [6.45, 7) is 12.3. The predicted molar refractivity (Wildman–Crippen MR) is 81.2 cm³/mol. The molecule has 0 saturated carbocycles. The van der Waals surface area contributed by atoms with E-state index >= 15 is 0 Å². The Labute approximate surface area is 112 Å². The van der Waals surface area contributed by atoms with Gasteiger partial charge in [-0.3, -0.25) is 0 Å². The number of anilines is 1. The van der Waals surface area contributed by atoms with Crippen LogP contribution in [0.3, 0.4) is 0 Å². The highest BCUT2D eigenvalue weighted by Gasteiger charge is 2.16. The zero-order chi connectivity index (χ0) is 13.4. The second kappa shape index (κ2) is 8.15. The van der Waals surface area contributed by atoms with Crippen molar-refractivity contribution in [1.82, 2.24) is 5.32 Å². The average molecular weight is 248 g/mol. The monoisotopic (exact) mass is 248 g/mol. The molecule has 0 amide bonds. The molecule has 1 aromatic rings. The van der Waals surface area contributed by atoms with Gasteiger partial charge in [0.1, 0.15) is 0 Å². The Bertz CT molecular complexity index is 308. The molecule has 0 saturated heterocycles. The molecule has 0 bridgehead atoms. The minimum Gasteiger partial charge on any atom is -0.370 e.